The van der Waals surface area contributed by atoms with Crippen molar-refractivity contribution in [2.24, 2.45) is 0 Å². The third-order valence-electron chi connectivity index (χ3n) is 4.66. The number of aromatic nitrogens is 1. The number of anilines is 1. The van der Waals surface area contributed by atoms with Crippen LogP contribution in [0.3, 0.4) is 0 Å². The van der Waals surface area contributed by atoms with Crippen LogP contribution in [0.5, 0.6) is 0 Å². The normalized spacial score (nSPS) is 13.3. The minimum absolute atomic E-state index is 0.0439. The number of carbonyl (C=O) groups excluding carboxylic acids is 3. The van der Waals surface area contributed by atoms with Crippen LogP contribution in [0.1, 0.15) is 44.9 Å². The molecule has 0 unspecified atom stereocenters. The van der Waals surface area contributed by atoms with Crippen LogP contribution in [0.25, 0.3) is 10.2 Å². The van der Waals surface area contributed by atoms with Crippen LogP contribution in [-0.4, -0.2) is 40.7 Å². The number of thiazole rings is 1. The molecule has 4 rings (SSSR count). The van der Waals surface area contributed by atoms with E-state index >= 15 is 0 Å². The zero-order chi connectivity index (χ0) is 19.1. The van der Waals surface area contributed by atoms with Crippen LogP contribution in [-0.2, 0) is 0 Å². The van der Waals surface area contributed by atoms with Crippen LogP contribution >= 0.6 is 11.3 Å². The largest absolute Gasteiger partial charge is 0.339 e. The molecule has 1 aromatic heterocycles. The molecule has 7 heteroatoms. The van der Waals surface area contributed by atoms with E-state index in [4.69, 9.17) is 0 Å². The summed E-state index contributed by atoms with van der Waals surface area (Å²) in [5, 5.41) is 0.323. The molecule has 1 aliphatic rings. The standard InChI is InChI=1S/C20H17N3O3S/c1-3-22(4-2)17(24)12-9-10-15-16(11-12)27-20(21-15)23-18(25)13-7-5-6-8-14(13)19(23)26/h5-11H,3-4H2,1-2H3. The minimum Gasteiger partial charge on any atom is -0.339 e. The average Bonchev–Trinajstić information content (AvgIpc) is 3.21. The predicted octanol–water partition coefficient (Wildman–Crippen LogP) is 3.58. The molecule has 3 aromatic rings. The van der Waals surface area contributed by atoms with Crippen molar-refractivity contribution in [2.75, 3.05) is 18.0 Å². The van der Waals surface area contributed by atoms with Crippen molar-refractivity contribution in [1.29, 1.82) is 0 Å². The molecule has 136 valence electrons. The molecular formula is C20H17N3O3S. The lowest BCUT2D eigenvalue weighted by Crippen LogP contribution is -2.30. The van der Waals surface area contributed by atoms with Gasteiger partial charge in [0.2, 0.25) is 5.13 Å². The summed E-state index contributed by atoms with van der Waals surface area (Å²) < 4.78 is 0.763. The van der Waals surface area contributed by atoms with Gasteiger partial charge < -0.3 is 4.90 Å². The number of hydrogen-bond acceptors (Lipinski definition) is 5. The second kappa shape index (κ2) is 6.59. The summed E-state index contributed by atoms with van der Waals surface area (Å²) in [7, 11) is 0. The second-order valence-corrected chi connectivity index (χ2v) is 7.16. The topological polar surface area (TPSA) is 70.6 Å². The van der Waals surface area contributed by atoms with Gasteiger partial charge in [0.15, 0.2) is 0 Å². The predicted molar refractivity (Wildman–Crippen MR) is 104 cm³/mol. The first-order valence-corrected chi connectivity index (χ1v) is 9.54. The Morgan fingerprint density at radius 1 is 1.04 bits per heavy atom. The van der Waals surface area contributed by atoms with E-state index in [1.165, 1.54) is 11.3 Å². The van der Waals surface area contributed by atoms with Gasteiger partial charge in [-0.2, -0.15) is 0 Å². The minimum atomic E-state index is -0.367. The zero-order valence-corrected chi connectivity index (χ0v) is 15.7. The molecule has 0 atom stereocenters. The highest BCUT2D eigenvalue weighted by Gasteiger charge is 2.38. The highest BCUT2D eigenvalue weighted by Crippen LogP contribution is 2.34. The molecule has 6 nitrogen and oxygen atoms in total. The van der Waals surface area contributed by atoms with Gasteiger partial charge in [0, 0.05) is 18.7 Å². The Hall–Kier alpha value is -3.06. The molecule has 0 fully saturated rings. The van der Waals surface area contributed by atoms with Crippen molar-refractivity contribution in [1.82, 2.24) is 9.88 Å². The van der Waals surface area contributed by atoms with E-state index in [1.54, 1.807) is 47.4 Å². The lowest BCUT2D eigenvalue weighted by atomic mass is 10.1. The molecule has 1 aliphatic heterocycles. The molecule has 2 aromatic carbocycles. The maximum Gasteiger partial charge on any atom is 0.268 e. The molecule has 0 radical (unpaired) electrons. The third-order valence-corrected chi connectivity index (χ3v) is 5.66. The Bertz CT molecular complexity index is 1050. The van der Waals surface area contributed by atoms with Crippen molar-refractivity contribution in [3.05, 3.63) is 59.2 Å². The van der Waals surface area contributed by atoms with Crippen LogP contribution < -0.4 is 4.90 Å². The number of benzene rings is 2. The van der Waals surface area contributed by atoms with E-state index < -0.39 is 0 Å². The Balaban J connectivity index is 1.72. The summed E-state index contributed by atoms with van der Waals surface area (Å²) in [5.41, 5.74) is 2.00. The molecule has 0 spiro atoms. The fourth-order valence-electron chi connectivity index (χ4n) is 3.20. The number of imide groups is 1. The number of hydrogen-bond donors (Lipinski definition) is 0. The van der Waals surface area contributed by atoms with E-state index in [9.17, 15) is 14.4 Å². The molecule has 2 heterocycles. The van der Waals surface area contributed by atoms with E-state index in [2.05, 4.69) is 4.98 Å². The van der Waals surface area contributed by atoms with Crippen LogP contribution in [0.4, 0.5) is 5.13 Å². The van der Waals surface area contributed by atoms with Gasteiger partial charge in [-0.25, -0.2) is 9.88 Å². The number of amides is 3. The quantitative estimate of drug-likeness (QED) is 0.650. The summed E-state index contributed by atoms with van der Waals surface area (Å²) in [6, 6.07) is 12.0. The van der Waals surface area contributed by atoms with Crippen molar-refractivity contribution >= 4 is 44.4 Å². The first kappa shape index (κ1) is 17.4. The first-order chi connectivity index (χ1) is 13.0. The van der Waals surface area contributed by atoms with Gasteiger partial charge >= 0.3 is 0 Å². The summed E-state index contributed by atoms with van der Waals surface area (Å²) in [4.78, 5) is 45.1. The number of carbonyl (C=O) groups is 3. The van der Waals surface area contributed by atoms with Gasteiger partial charge in [0.05, 0.1) is 21.3 Å². The molecule has 0 aliphatic carbocycles. The molecule has 0 N–H and O–H groups in total. The van der Waals surface area contributed by atoms with Gasteiger partial charge in [-0.15, -0.1) is 0 Å². The van der Waals surface area contributed by atoms with Crippen molar-refractivity contribution in [2.45, 2.75) is 13.8 Å². The Kier molecular flexibility index (Phi) is 4.24. The van der Waals surface area contributed by atoms with Crippen molar-refractivity contribution < 1.29 is 14.4 Å². The van der Waals surface area contributed by atoms with Crippen molar-refractivity contribution in [3.63, 3.8) is 0 Å². The van der Waals surface area contributed by atoms with E-state index in [0.717, 1.165) is 9.60 Å². The monoisotopic (exact) mass is 379 g/mol. The van der Waals surface area contributed by atoms with Gasteiger partial charge in [0.25, 0.3) is 17.7 Å². The Morgan fingerprint density at radius 2 is 1.67 bits per heavy atom. The first-order valence-electron chi connectivity index (χ1n) is 8.72. The molecule has 0 saturated carbocycles. The Morgan fingerprint density at radius 3 is 2.26 bits per heavy atom. The number of nitrogens with zero attached hydrogens (tertiary/aromatic N) is 3. The van der Waals surface area contributed by atoms with Gasteiger partial charge in [0.1, 0.15) is 0 Å². The average molecular weight is 379 g/mol. The fraction of sp³-hybridized carbons (Fsp3) is 0.200. The number of rotatable bonds is 4. The fourth-order valence-corrected chi connectivity index (χ4v) is 4.20. The summed E-state index contributed by atoms with van der Waals surface area (Å²) in [6.45, 7) is 5.15. The highest BCUT2D eigenvalue weighted by atomic mass is 32.1. The van der Waals surface area contributed by atoms with Crippen molar-refractivity contribution in [3.8, 4) is 0 Å². The zero-order valence-electron chi connectivity index (χ0n) is 14.9. The third kappa shape index (κ3) is 2.71. The summed E-state index contributed by atoms with van der Waals surface area (Å²) in [6.07, 6.45) is 0. The van der Waals surface area contributed by atoms with Crippen LogP contribution in [0.15, 0.2) is 42.5 Å². The van der Waals surface area contributed by atoms with Gasteiger partial charge in [-0.3, -0.25) is 14.4 Å². The summed E-state index contributed by atoms with van der Waals surface area (Å²) in [5.74, 6) is -0.777. The molecule has 27 heavy (non-hydrogen) atoms. The maximum atomic E-state index is 12.6. The summed E-state index contributed by atoms with van der Waals surface area (Å²) >= 11 is 1.23. The highest BCUT2D eigenvalue weighted by molar-refractivity contribution is 7.22. The number of fused-ring (bicyclic) bond motifs is 2. The van der Waals surface area contributed by atoms with E-state index in [-0.39, 0.29) is 17.7 Å². The van der Waals surface area contributed by atoms with Crippen LogP contribution in [0.2, 0.25) is 0 Å². The smallest absolute Gasteiger partial charge is 0.268 e. The van der Waals surface area contributed by atoms with Gasteiger partial charge in [-0.1, -0.05) is 23.5 Å². The molecule has 3 amide bonds. The SMILES string of the molecule is CCN(CC)C(=O)c1ccc2nc(N3C(=O)c4ccccc4C3=O)sc2c1. The maximum absolute atomic E-state index is 12.6. The lowest BCUT2D eigenvalue weighted by Gasteiger charge is -2.18. The Labute approximate surface area is 160 Å². The van der Waals surface area contributed by atoms with E-state index in [1.807, 2.05) is 13.8 Å². The van der Waals surface area contributed by atoms with Crippen LogP contribution in [0, 0.1) is 0 Å². The lowest BCUT2D eigenvalue weighted by molar-refractivity contribution is 0.0772. The second-order valence-electron chi connectivity index (χ2n) is 6.15. The molecule has 0 bridgehead atoms. The molecule has 0 saturated heterocycles. The molecular weight excluding hydrogens is 362 g/mol. The van der Waals surface area contributed by atoms with Gasteiger partial charge in [-0.05, 0) is 44.2 Å². The van der Waals surface area contributed by atoms with E-state index in [0.29, 0.717) is 40.4 Å².